The molecule has 0 saturated carbocycles. The fourth-order valence-corrected chi connectivity index (χ4v) is 2.04. The van der Waals surface area contributed by atoms with Crippen LogP contribution in [0.2, 0.25) is 5.02 Å². The quantitative estimate of drug-likeness (QED) is 0.570. The molecule has 0 spiro atoms. The van der Waals surface area contributed by atoms with Gasteiger partial charge in [-0.1, -0.05) is 17.7 Å². The Labute approximate surface area is 133 Å². The van der Waals surface area contributed by atoms with Crippen LogP contribution in [0.4, 0.5) is 5.69 Å². The zero-order valence-electron chi connectivity index (χ0n) is 11.6. The summed E-state index contributed by atoms with van der Waals surface area (Å²) in [4.78, 5) is 36.7. The molecular formula is C13H10ClN3O6. The van der Waals surface area contributed by atoms with Gasteiger partial charge in [-0.3, -0.25) is 19.9 Å². The van der Waals surface area contributed by atoms with Gasteiger partial charge in [0.2, 0.25) is 0 Å². The van der Waals surface area contributed by atoms with Crippen LogP contribution in [-0.2, 0) is 0 Å². The number of aromatic amines is 2. The molecule has 1 aromatic heterocycles. The number of H-pyrrole nitrogens is 2. The maximum atomic E-state index is 11.5. The van der Waals surface area contributed by atoms with E-state index in [1.807, 2.05) is 0 Å². The number of hydrogen-bond donors (Lipinski definition) is 3. The number of nitro groups is 1. The summed E-state index contributed by atoms with van der Waals surface area (Å²) in [5.41, 5.74) is -2.62. The van der Waals surface area contributed by atoms with E-state index in [4.69, 9.17) is 16.3 Å². The largest absolute Gasteiger partial charge is 0.503 e. The molecule has 1 heterocycles. The summed E-state index contributed by atoms with van der Waals surface area (Å²) in [5.74, 6) is -0.145. The molecule has 120 valence electrons. The van der Waals surface area contributed by atoms with E-state index in [0.717, 1.165) is 0 Å². The average molecular weight is 340 g/mol. The topological polar surface area (TPSA) is 138 Å². The second kappa shape index (κ2) is 6.36. The lowest BCUT2D eigenvalue weighted by atomic mass is 10.1. The predicted molar refractivity (Wildman–Crippen MR) is 82.9 cm³/mol. The summed E-state index contributed by atoms with van der Waals surface area (Å²) in [6.07, 6.45) is 2.54. The smallest absolute Gasteiger partial charge is 0.357 e. The van der Waals surface area contributed by atoms with Crippen molar-refractivity contribution in [2.24, 2.45) is 0 Å². The second-order valence-electron chi connectivity index (χ2n) is 4.31. The van der Waals surface area contributed by atoms with Crippen LogP contribution < -0.4 is 16.0 Å². The number of hydrogen-bond acceptors (Lipinski definition) is 6. The van der Waals surface area contributed by atoms with Gasteiger partial charge in [0, 0.05) is 0 Å². The van der Waals surface area contributed by atoms with Gasteiger partial charge in [0.15, 0.2) is 11.5 Å². The van der Waals surface area contributed by atoms with Crippen molar-refractivity contribution in [3.05, 3.63) is 59.4 Å². The molecule has 0 amide bonds. The Bertz CT molecular complexity index is 915. The molecule has 0 aliphatic carbocycles. The monoisotopic (exact) mass is 339 g/mol. The van der Waals surface area contributed by atoms with E-state index in [2.05, 4.69) is 4.98 Å². The Balaban J connectivity index is 2.53. The van der Waals surface area contributed by atoms with Crippen LogP contribution in [0.1, 0.15) is 11.3 Å². The first-order valence-electron chi connectivity index (χ1n) is 6.09. The summed E-state index contributed by atoms with van der Waals surface area (Å²) in [6, 6.07) is 2.81. The van der Waals surface area contributed by atoms with Gasteiger partial charge in [-0.2, -0.15) is 0 Å². The van der Waals surface area contributed by atoms with Gasteiger partial charge < -0.3 is 14.8 Å². The van der Waals surface area contributed by atoms with Crippen LogP contribution >= 0.6 is 11.6 Å². The molecule has 0 atom stereocenters. The molecule has 0 radical (unpaired) electrons. The lowest BCUT2D eigenvalue weighted by molar-refractivity contribution is -0.386. The van der Waals surface area contributed by atoms with Crippen molar-refractivity contribution in [2.75, 3.05) is 7.11 Å². The first-order chi connectivity index (χ1) is 10.8. The number of methoxy groups -OCH3 is 1. The number of aromatic hydroxyl groups is 1. The SMILES string of the molecule is COc1cc(/C=C/c2[nH]c(=O)[nH]c(=O)c2[N+](=O)[O-])cc(Cl)c1O. The third-order valence-electron chi connectivity index (χ3n) is 2.84. The van der Waals surface area contributed by atoms with Gasteiger partial charge in [-0.05, 0) is 23.8 Å². The highest BCUT2D eigenvalue weighted by molar-refractivity contribution is 6.32. The maximum absolute atomic E-state index is 11.5. The van der Waals surface area contributed by atoms with Gasteiger partial charge in [0.1, 0.15) is 5.69 Å². The van der Waals surface area contributed by atoms with Crippen molar-refractivity contribution in [3.8, 4) is 11.5 Å². The average Bonchev–Trinajstić information content (AvgIpc) is 2.47. The van der Waals surface area contributed by atoms with Crippen LogP contribution in [0.3, 0.4) is 0 Å². The summed E-state index contributed by atoms with van der Waals surface area (Å²) in [7, 11) is 1.33. The number of benzene rings is 1. The molecule has 0 bridgehead atoms. The molecule has 2 rings (SSSR count). The van der Waals surface area contributed by atoms with Crippen LogP contribution in [0.25, 0.3) is 12.2 Å². The molecule has 0 unspecified atom stereocenters. The third kappa shape index (κ3) is 3.40. The summed E-state index contributed by atoms with van der Waals surface area (Å²) in [6.45, 7) is 0. The molecule has 3 N–H and O–H groups in total. The molecular weight excluding hydrogens is 330 g/mol. The maximum Gasteiger partial charge on any atom is 0.357 e. The highest BCUT2D eigenvalue weighted by Crippen LogP contribution is 2.35. The van der Waals surface area contributed by atoms with Crippen molar-refractivity contribution in [2.45, 2.75) is 0 Å². The van der Waals surface area contributed by atoms with Gasteiger partial charge in [-0.15, -0.1) is 0 Å². The third-order valence-corrected chi connectivity index (χ3v) is 3.13. The Morgan fingerprint density at radius 1 is 1.30 bits per heavy atom. The van der Waals surface area contributed by atoms with E-state index in [1.54, 1.807) is 4.98 Å². The number of phenolic OH excluding ortho intramolecular Hbond substituents is 1. The number of nitrogens with one attached hydrogen (secondary N) is 2. The number of aromatic nitrogens is 2. The van der Waals surface area contributed by atoms with Crippen molar-refractivity contribution in [1.82, 2.24) is 9.97 Å². The number of phenols is 1. The van der Waals surface area contributed by atoms with Crippen LogP contribution in [0.15, 0.2) is 21.7 Å². The van der Waals surface area contributed by atoms with E-state index in [9.17, 15) is 24.8 Å². The standard InChI is InChI=1S/C13H10ClN3O6/c1-23-9-5-6(4-7(14)11(9)18)2-3-8-10(17(21)22)12(19)16-13(20)15-8/h2-5,18H,1H3,(H2,15,16,19,20)/b3-2+. The molecule has 2 aromatic rings. The first-order valence-corrected chi connectivity index (χ1v) is 6.47. The van der Waals surface area contributed by atoms with Gasteiger partial charge in [0.05, 0.1) is 17.1 Å². The van der Waals surface area contributed by atoms with Crippen molar-refractivity contribution >= 4 is 29.4 Å². The Morgan fingerprint density at radius 3 is 2.61 bits per heavy atom. The van der Waals surface area contributed by atoms with Crippen LogP contribution in [0.5, 0.6) is 11.5 Å². The minimum Gasteiger partial charge on any atom is -0.503 e. The summed E-state index contributed by atoms with van der Waals surface area (Å²) in [5, 5.41) is 20.6. The fourth-order valence-electron chi connectivity index (χ4n) is 1.82. The Morgan fingerprint density at radius 2 is 2.00 bits per heavy atom. The second-order valence-corrected chi connectivity index (χ2v) is 4.72. The van der Waals surface area contributed by atoms with Gasteiger partial charge in [0.25, 0.3) is 0 Å². The van der Waals surface area contributed by atoms with Crippen LogP contribution in [0, 0.1) is 10.1 Å². The Kier molecular flexibility index (Phi) is 4.51. The first kappa shape index (κ1) is 16.3. The minimum atomic E-state index is -1.11. The number of nitrogens with zero attached hydrogens (tertiary/aromatic N) is 1. The fraction of sp³-hybridized carbons (Fsp3) is 0.0769. The molecule has 0 aliphatic heterocycles. The predicted octanol–water partition coefficient (Wildman–Crippen LogP) is 1.51. The van der Waals surface area contributed by atoms with E-state index < -0.39 is 21.9 Å². The van der Waals surface area contributed by atoms with Crippen molar-refractivity contribution < 1.29 is 14.8 Å². The zero-order chi connectivity index (χ0) is 17.1. The van der Waals surface area contributed by atoms with E-state index in [-0.39, 0.29) is 22.2 Å². The van der Waals surface area contributed by atoms with Gasteiger partial charge >= 0.3 is 16.9 Å². The normalized spacial score (nSPS) is 10.9. The number of ether oxygens (including phenoxy) is 1. The van der Waals surface area contributed by atoms with Gasteiger partial charge in [-0.25, -0.2) is 4.79 Å². The van der Waals surface area contributed by atoms with Crippen molar-refractivity contribution in [1.29, 1.82) is 0 Å². The van der Waals surface area contributed by atoms with E-state index in [1.165, 1.54) is 31.4 Å². The molecule has 0 saturated heterocycles. The summed E-state index contributed by atoms with van der Waals surface area (Å²) < 4.78 is 4.93. The molecule has 0 fully saturated rings. The lowest BCUT2D eigenvalue weighted by Crippen LogP contribution is -2.25. The molecule has 0 aliphatic rings. The Hall–Kier alpha value is -3.07. The number of halogens is 1. The lowest BCUT2D eigenvalue weighted by Gasteiger charge is -2.06. The molecule has 23 heavy (non-hydrogen) atoms. The van der Waals surface area contributed by atoms with E-state index >= 15 is 0 Å². The van der Waals surface area contributed by atoms with E-state index in [0.29, 0.717) is 5.56 Å². The van der Waals surface area contributed by atoms with Crippen LogP contribution in [-0.4, -0.2) is 27.1 Å². The molecule has 10 heteroatoms. The highest BCUT2D eigenvalue weighted by Gasteiger charge is 2.18. The summed E-state index contributed by atoms with van der Waals surface area (Å²) >= 11 is 5.83. The van der Waals surface area contributed by atoms with Crippen molar-refractivity contribution in [3.63, 3.8) is 0 Å². The molecule has 9 nitrogen and oxygen atoms in total. The molecule has 1 aromatic carbocycles. The number of rotatable bonds is 4. The zero-order valence-corrected chi connectivity index (χ0v) is 12.4. The minimum absolute atomic E-state index is 0.0119. The highest BCUT2D eigenvalue weighted by atomic mass is 35.5.